The summed E-state index contributed by atoms with van der Waals surface area (Å²) in [7, 11) is 1.58. The molecular formula is C30H35N3O4. The van der Waals surface area contributed by atoms with Crippen molar-refractivity contribution in [3.8, 4) is 17.2 Å². The van der Waals surface area contributed by atoms with Crippen LogP contribution in [0.25, 0.3) is 10.9 Å². The molecule has 1 aromatic heterocycles. The van der Waals surface area contributed by atoms with Gasteiger partial charge in [-0.3, -0.25) is 9.78 Å². The Morgan fingerprint density at radius 2 is 2.00 bits per heavy atom. The highest BCUT2D eigenvalue weighted by molar-refractivity contribution is 5.96. The Labute approximate surface area is 218 Å². The number of fused-ring (bicyclic) bond motifs is 3. The second kappa shape index (κ2) is 9.53. The van der Waals surface area contributed by atoms with Gasteiger partial charge >= 0.3 is 0 Å². The molecule has 3 atom stereocenters. The number of methoxy groups -OCH3 is 1. The minimum atomic E-state index is -0.808. The Hall–Kier alpha value is -3.32. The van der Waals surface area contributed by atoms with Gasteiger partial charge in [-0.15, -0.1) is 0 Å². The van der Waals surface area contributed by atoms with E-state index in [0.29, 0.717) is 47.9 Å². The molecule has 37 heavy (non-hydrogen) atoms. The fraction of sp³-hybridized carbons (Fsp3) is 0.467. The van der Waals surface area contributed by atoms with E-state index in [-0.39, 0.29) is 11.9 Å². The fourth-order valence-electron chi connectivity index (χ4n) is 6.22. The standard InChI is InChI=1S/C30H35N3O4/c1-30(2)36-27-15-22(14-26(35-3)28(27)37-30)29(34)33(18-23-13-21-9-5-7-11-25(21)32-23)17-19-12-20-8-4-6-10-24(20)31-16-19/h4,6,8,10,12,14-16,21,23,25,32H,5,7,9,11,13,17-18H2,1-3H3/t21-,23-,25-/m0/s1. The molecule has 0 spiro atoms. The fourth-order valence-corrected chi connectivity index (χ4v) is 6.22. The number of nitrogens with zero attached hydrogens (tertiary/aromatic N) is 2. The first-order valence-corrected chi connectivity index (χ1v) is 13.4. The Morgan fingerprint density at radius 3 is 2.84 bits per heavy atom. The molecule has 3 heterocycles. The van der Waals surface area contributed by atoms with Crippen LogP contribution in [0.15, 0.2) is 48.7 Å². The van der Waals surface area contributed by atoms with Crippen molar-refractivity contribution in [3.05, 3.63) is 59.8 Å². The number of rotatable bonds is 6. The average Bonchev–Trinajstić information content (AvgIpc) is 3.45. The summed E-state index contributed by atoms with van der Waals surface area (Å²) in [6, 6.07) is 14.6. The van der Waals surface area contributed by atoms with Gasteiger partial charge in [-0.1, -0.05) is 31.0 Å². The van der Waals surface area contributed by atoms with Crippen molar-refractivity contribution in [2.24, 2.45) is 5.92 Å². The smallest absolute Gasteiger partial charge is 0.254 e. The minimum Gasteiger partial charge on any atom is -0.493 e. The van der Waals surface area contributed by atoms with Gasteiger partial charge in [-0.2, -0.15) is 0 Å². The van der Waals surface area contributed by atoms with Crippen LogP contribution in [-0.2, 0) is 6.54 Å². The third kappa shape index (κ3) is 4.85. The number of nitrogens with one attached hydrogen (secondary N) is 1. The van der Waals surface area contributed by atoms with Gasteiger partial charge in [0.05, 0.1) is 12.6 Å². The summed E-state index contributed by atoms with van der Waals surface area (Å²) in [4.78, 5) is 20.7. The number of carbonyl (C=O) groups excluding carboxylic acids is 1. The number of amides is 1. The maximum Gasteiger partial charge on any atom is 0.254 e. The van der Waals surface area contributed by atoms with E-state index in [1.165, 1.54) is 25.7 Å². The van der Waals surface area contributed by atoms with Crippen LogP contribution < -0.4 is 19.5 Å². The van der Waals surface area contributed by atoms with E-state index >= 15 is 0 Å². The molecule has 1 saturated carbocycles. The van der Waals surface area contributed by atoms with Gasteiger partial charge in [0.15, 0.2) is 11.5 Å². The Morgan fingerprint density at radius 1 is 1.16 bits per heavy atom. The summed E-state index contributed by atoms with van der Waals surface area (Å²) in [5.74, 6) is 1.42. The summed E-state index contributed by atoms with van der Waals surface area (Å²) >= 11 is 0. The highest BCUT2D eigenvalue weighted by Gasteiger charge is 2.38. The van der Waals surface area contributed by atoms with Crippen molar-refractivity contribution in [1.29, 1.82) is 0 Å². The number of benzene rings is 2. The van der Waals surface area contributed by atoms with Crippen molar-refractivity contribution in [3.63, 3.8) is 0 Å². The summed E-state index contributed by atoms with van der Waals surface area (Å²) < 4.78 is 17.5. The zero-order valence-corrected chi connectivity index (χ0v) is 21.8. The second-order valence-corrected chi connectivity index (χ2v) is 11.1. The van der Waals surface area contributed by atoms with Crippen LogP contribution in [0.4, 0.5) is 0 Å². The summed E-state index contributed by atoms with van der Waals surface area (Å²) in [5.41, 5.74) is 2.49. The van der Waals surface area contributed by atoms with Gasteiger partial charge in [0.25, 0.3) is 5.91 Å². The molecule has 194 valence electrons. The highest BCUT2D eigenvalue weighted by Crippen LogP contribution is 2.47. The molecule has 1 aliphatic carbocycles. The maximum atomic E-state index is 14.1. The predicted octanol–water partition coefficient (Wildman–Crippen LogP) is 5.31. The topological polar surface area (TPSA) is 72.9 Å². The molecule has 3 aromatic rings. The lowest BCUT2D eigenvalue weighted by Crippen LogP contribution is -2.42. The van der Waals surface area contributed by atoms with E-state index < -0.39 is 5.79 Å². The van der Waals surface area contributed by atoms with E-state index in [9.17, 15) is 4.79 Å². The van der Waals surface area contributed by atoms with E-state index in [2.05, 4.69) is 22.4 Å². The number of hydrogen-bond acceptors (Lipinski definition) is 6. The number of hydrogen-bond donors (Lipinski definition) is 1. The number of pyridine rings is 1. The van der Waals surface area contributed by atoms with Crippen LogP contribution in [0.1, 0.15) is 61.9 Å². The highest BCUT2D eigenvalue weighted by atomic mass is 16.7. The molecule has 6 rings (SSSR count). The lowest BCUT2D eigenvalue weighted by Gasteiger charge is -2.27. The monoisotopic (exact) mass is 501 g/mol. The van der Waals surface area contributed by atoms with Crippen LogP contribution in [0.2, 0.25) is 0 Å². The van der Waals surface area contributed by atoms with Crippen LogP contribution in [0.5, 0.6) is 17.2 Å². The SMILES string of the molecule is COc1cc(C(=O)N(Cc2cnc3ccccc3c2)C[C@@H]2C[C@@H]3CCCC[C@@H]3N2)cc2c1OC(C)(C)O2. The van der Waals surface area contributed by atoms with Crippen molar-refractivity contribution < 1.29 is 19.0 Å². The van der Waals surface area contributed by atoms with Gasteiger partial charge in [0.2, 0.25) is 11.5 Å². The first-order valence-electron chi connectivity index (χ1n) is 13.4. The molecule has 2 aromatic carbocycles. The molecule has 2 aliphatic heterocycles. The second-order valence-electron chi connectivity index (χ2n) is 11.1. The Bertz CT molecular complexity index is 1310. The van der Waals surface area contributed by atoms with Crippen LogP contribution in [-0.4, -0.2) is 47.3 Å². The molecular weight excluding hydrogens is 466 g/mol. The molecule has 2 fully saturated rings. The van der Waals surface area contributed by atoms with Crippen molar-refractivity contribution in [2.45, 2.75) is 70.4 Å². The molecule has 1 amide bonds. The lowest BCUT2D eigenvalue weighted by molar-refractivity contribution is -0.0439. The summed E-state index contributed by atoms with van der Waals surface area (Å²) in [5, 5.41) is 4.91. The van der Waals surface area contributed by atoms with Crippen molar-refractivity contribution in [1.82, 2.24) is 15.2 Å². The van der Waals surface area contributed by atoms with Gasteiger partial charge in [0, 0.05) is 56.2 Å². The number of para-hydroxylation sites is 1. The molecule has 1 N–H and O–H groups in total. The molecule has 0 unspecified atom stereocenters. The molecule has 3 aliphatic rings. The maximum absolute atomic E-state index is 14.1. The third-order valence-corrected chi connectivity index (χ3v) is 7.89. The number of aromatic nitrogens is 1. The predicted molar refractivity (Wildman–Crippen MR) is 142 cm³/mol. The summed E-state index contributed by atoms with van der Waals surface area (Å²) in [6.07, 6.45) is 8.12. The molecule has 7 heteroatoms. The van der Waals surface area contributed by atoms with Crippen LogP contribution >= 0.6 is 0 Å². The molecule has 7 nitrogen and oxygen atoms in total. The zero-order chi connectivity index (χ0) is 25.6. The van der Waals surface area contributed by atoms with Gasteiger partial charge < -0.3 is 24.4 Å². The normalized spacial score (nSPS) is 23.6. The van der Waals surface area contributed by atoms with Gasteiger partial charge in [-0.05, 0) is 55.0 Å². The quantitative estimate of drug-likeness (QED) is 0.493. The zero-order valence-electron chi connectivity index (χ0n) is 21.8. The first kappa shape index (κ1) is 24.0. The molecule has 1 saturated heterocycles. The largest absolute Gasteiger partial charge is 0.493 e. The summed E-state index contributed by atoms with van der Waals surface area (Å²) in [6.45, 7) is 4.81. The van der Waals surface area contributed by atoms with Gasteiger partial charge in [-0.25, -0.2) is 0 Å². The van der Waals surface area contributed by atoms with E-state index in [1.54, 1.807) is 19.2 Å². The lowest BCUT2D eigenvalue weighted by atomic mass is 9.85. The molecule has 0 bridgehead atoms. The van der Waals surface area contributed by atoms with E-state index in [0.717, 1.165) is 22.9 Å². The van der Waals surface area contributed by atoms with Gasteiger partial charge in [0.1, 0.15) is 0 Å². The van der Waals surface area contributed by atoms with Crippen molar-refractivity contribution >= 4 is 16.8 Å². The van der Waals surface area contributed by atoms with Crippen molar-refractivity contribution in [2.75, 3.05) is 13.7 Å². The average molecular weight is 502 g/mol. The van der Waals surface area contributed by atoms with Crippen LogP contribution in [0.3, 0.4) is 0 Å². The first-order chi connectivity index (χ1) is 17.9. The number of carbonyl (C=O) groups is 1. The Balaban J connectivity index is 1.30. The van der Waals surface area contributed by atoms with Crippen LogP contribution in [0, 0.1) is 5.92 Å². The minimum absolute atomic E-state index is 0.0563. The van der Waals surface area contributed by atoms with E-state index in [4.69, 9.17) is 14.2 Å². The number of ether oxygens (including phenoxy) is 3. The van der Waals surface area contributed by atoms with E-state index in [1.807, 2.05) is 43.1 Å². The Kier molecular flexibility index (Phi) is 6.19. The molecule has 0 radical (unpaired) electrons. The third-order valence-electron chi connectivity index (χ3n) is 7.89.